The van der Waals surface area contributed by atoms with Crippen LogP contribution < -0.4 is 4.72 Å². The molecule has 1 aromatic heterocycles. The molecule has 0 atom stereocenters. The maximum Gasteiger partial charge on any atom is 0.172 e. The van der Waals surface area contributed by atoms with Gasteiger partial charge in [-0.1, -0.05) is 42.6 Å². The Morgan fingerprint density at radius 1 is 1.33 bits per heavy atom. The van der Waals surface area contributed by atoms with E-state index in [2.05, 4.69) is 14.7 Å². The highest BCUT2D eigenvalue weighted by Gasteiger charge is 2.20. The van der Waals surface area contributed by atoms with Crippen molar-refractivity contribution >= 4 is 46.2 Å². The summed E-state index contributed by atoms with van der Waals surface area (Å²) < 4.78 is 3.29. The highest BCUT2D eigenvalue weighted by atomic mass is 35.5. The molecule has 96 valence electrons. The number of aliphatic imine (C=N–C) groups is 1. The van der Waals surface area contributed by atoms with Crippen LogP contribution in [0.5, 0.6) is 0 Å². The number of thioether (sulfide) groups is 1. The predicted molar refractivity (Wildman–Crippen MR) is 79.8 cm³/mol. The van der Waals surface area contributed by atoms with Crippen LogP contribution in [0.1, 0.15) is 32.1 Å². The largest absolute Gasteiger partial charge is 0.305 e. The molecule has 0 amide bonds. The Hall–Kier alpha value is -0.390. The number of hydrogen-bond donors (Lipinski definition) is 1. The molecule has 0 saturated heterocycles. The fourth-order valence-electron chi connectivity index (χ4n) is 2.20. The molecule has 1 aliphatic carbocycles. The molecular formula is C12H14ClN3S2. The monoisotopic (exact) mass is 299 g/mol. The van der Waals surface area contributed by atoms with Crippen LogP contribution in [-0.4, -0.2) is 15.4 Å². The smallest absolute Gasteiger partial charge is 0.172 e. The van der Waals surface area contributed by atoms with Gasteiger partial charge >= 0.3 is 0 Å². The minimum Gasteiger partial charge on any atom is -0.305 e. The molecule has 0 radical (unpaired) electrons. The van der Waals surface area contributed by atoms with Gasteiger partial charge in [0, 0.05) is 17.5 Å². The molecule has 0 bridgehead atoms. The van der Waals surface area contributed by atoms with Crippen molar-refractivity contribution in [3.05, 3.63) is 17.4 Å². The summed E-state index contributed by atoms with van der Waals surface area (Å²) in [6.45, 7) is 0. The Labute approximate surface area is 120 Å². The zero-order valence-corrected chi connectivity index (χ0v) is 12.2. The second kappa shape index (κ2) is 5.72. The van der Waals surface area contributed by atoms with Crippen LogP contribution in [0, 0.1) is 0 Å². The van der Waals surface area contributed by atoms with Gasteiger partial charge in [-0.3, -0.25) is 0 Å². The SMILES string of the molecule is Clc1cc2c(cn1)SNC(SC1CCCCC1)=N2. The summed E-state index contributed by atoms with van der Waals surface area (Å²) in [6, 6.07) is 1.83. The summed E-state index contributed by atoms with van der Waals surface area (Å²) in [5, 5.41) is 2.22. The van der Waals surface area contributed by atoms with Crippen molar-refractivity contribution in [3.63, 3.8) is 0 Å². The second-order valence-corrected chi connectivity index (χ2v) is 7.00. The molecule has 1 aliphatic heterocycles. The minimum atomic E-state index is 0.502. The lowest BCUT2D eigenvalue weighted by Gasteiger charge is -2.23. The lowest BCUT2D eigenvalue weighted by Crippen LogP contribution is -2.20. The van der Waals surface area contributed by atoms with Gasteiger partial charge in [-0.15, -0.1) is 0 Å². The van der Waals surface area contributed by atoms with Crippen molar-refractivity contribution in [1.82, 2.24) is 9.71 Å². The third-order valence-electron chi connectivity index (χ3n) is 3.11. The Bertz CT molecular complexity index is 472. The minimum absolute atomic E-state index is 0.502. The van der Waals surface area contributed by atoms with E-state index < -0.39 is 0 Å². The molecule has 0 unspecified atom stereocenters. The van der Waals surface area contributed by atoms with E-state index in [0.29, 0.717) is 10.4 Å². The third kappa shape index (κ3) is 2.95. The van der Waals surface area contributed by atoms with Gasteiger partial charge in [0.25, 0.3) is 0 Å². The van der Waals surface area contributed by atoms with Gasteiger partial charge in [-0.25, -0.2) is 9.98 Å². The number of hydrogen-bond acceptors (Lipinski definition) is 5. The second-order valence-electron chi connectivity index (χ2n) is 4.47. The number of amidine groups is 1. The van der Waals surface area contributed by atoms with Gasteiger partial charge in [0.05, 0.1) is 10.6 Å². The average molecular weight is 300 g/mol. The molecule has 6 heteroatoms. The number of rotatable bonds is 1. The normalized spacial score (nSPS) is 19.9. The van der Waals surface area contributed by atoms with Crippen LogP contribution in [0.4, 0.5) is 5.69 Å². The lowest BCUT2D eigenvalue weighted by atomic mass is 10.0. The van der Waals surface area contributed by atoms with Crippen molar-refractivity contribution in [2.24, 2.45) is 4.99 Å². The molecule has 1 N–H and O–H groups in total. The average Bonchev–Trinajstić information content (AvgIpc) is 2.39. The number of nitrogens with zero attached hydrogens (tertiary/aromatic N) is 2. The predicted octanol–water partition coefficient (Wildman–Crippen LogP) is 4.40. The molecule has 3 nitrogen and oxygen atoms in total. The van der Waals surface area contributed by atoms with E-state index in [1.54, 1.807) is 18.1 Å². The van der Waals surface area contributed by atoms with Gasteiger partial charge in [0.15, 0.2) is 5.17 Å². The highest BCUT2D eigenvalue weighted by Crippen LogP contribution is 2.36. The summed E-state index contributed by atoms with van der Waals surface area (Å²) in [5.74, 6) is 0. The van der Waals surface area contributed by atoms with Crippen LogP contribution >= 0.6 is 35.3 Å². The quantitative estimate of drug-likeness (QED) is 0.616. The first-order chi connectivity index (χ1) is 8.81. The fraction of sp³-hybridized carbons (Fsp3) is 0.500. The van der Waals surface area contributed by atoms with Gasteiger partial charge in [0.1, 0.15) is 5.15 Å². The standard InChI is InChI=1S/C12H14ClN3S2/c13-11-6-9-10(7-14-11)18-16-12(15-9)17-8-4-2-1-3-5-8/h6-8H,1-5H2,(H,15,16). The van der Waals surface area contributed by atoms with Crippen molar-refractivity contribution in [2.75, 3.05) is 0 Å². The molecule has 0 aromatic carbocycles. The van der Waals surface area contributed by atoms with Crippen molar-refractivity contribution in [3.8, 4) is 0 Å². The van der Waals surface area contributed by atoms with Crippen molar-refractivity contribution < 1.29 is 0 Å². The van der Waals surface area contributed by atoms with E-state index in [1.807, 2.05) is 17.8 Å². The van der Waals surface area contributed by atoms with Crippen LogP contribution in [0.3, 0.4) is 0 Å². The first-order valence-corrected chi connectivity index (χ1v) is 8.22. The van der Waals surface area contributed by atoms with E-state index in [-0.39, 0.29) is 0 Å². The Morgan fingerprint density at radius 3 is 3.00 bits per heavy atom. The summed E-state index contributed by atoms with van der Waals surface area (Å²) in [7, 11) is 0. The zero-order valence-electron chi connectivity index (χ0n) is 9.86. The van der Waals surface area contributed by atoms with E-state index in [0.717, 1.165) is 15.8 Å². The fourth-order valence-corrected chi connectivity index (χ4v) is 4.26. The number of nitrogens with one attached hydrogen (secondary N) is 1. The molecule has 0 spiro atoms. The van der Waals surface area contributed by atoms with E-state index in [4.69, 9.17) is 11.6 Å². The van der Waals surface area contributed by atoms with Crippen LogP contribution in [0.15, 0.2) is 22.2 Å². The Kier molecular flexibility index (Phi) is 4.01. The van der Waals surface area contributed by atoms with Gasteiger partial charge in [-0.2, -0.15) is 0 Å². The first kappa shape index (κ1) is 12.6. The number of fused-ring (bicyclic) bond motifs is 1. The molecule has 2 aliphatic rings. The number of aromatic nitrogens is 1. The van der Waals surface area contributed by atoms with E-state index in [9.17, 15) is 0 Å². The zero-order chi connectivity index (χ0) is 12.4. The summed E-state index contributed by atoms with van der Waals surface area (Å²) in [5.41, 5.74) is 0.928. The highest BCUT2D eigenvalue weighted by molar-refractivity contribution is 8.16. The Morgan fingerprint density at radius 2 is 2.17 bits per heavy atom. The topological polar surface area (TPSA) is 37.3 Å². The Balaban J connectivity index is 1.74. The lowest BCUT2D eigenvalue weighted by molar-refractivity contribution is 0.517. The summed E-state index contributed by atoms with van der Waals surface area (Å²) in [6.07, 6.45) is 8.46. The van der Waals surface area contributed by atoms with Gasteiger partial charge in [-0.05, 0) is 24.8 Å². The van der Waals surface area contributed by atoms with Crippen molar-refractivity contribution in [1.29, 1.82) is 0 Å². The molecule has 1 saturated carbocycles. The third-order valence-corrected chi connectivity index (χ3v) is 5.50. The van der Waals surface area contributed by atoms with Crippen molar-refractivity contribution in [2.45, 2.75) is 42.2 Å². The number of halogens is 1. The number of pyridine rings is 1. The maximum absolute atomic E-state index is 5.90. The van der Waals surface area contributed by atoms with Crippen LogP contribution in [0.2, 0.25) is 5.15 Å². The molecule has 3 rings (SSSR count). The maximum atomic E-state index is 5.90. The molecule has 1 fully saturated rings. The summed E-state index contributed by atoms with van der Waals surface area (Å²) in [4.78, 5) is 9.72. The van der Waals surface area contributed by atoms with E-state index in [1.165, 1.54) is 32.1 Å². The van der Waals surface area contributed by atoms with E-state index >= 15 is 0 Å². The molecule has 18 heavy (non-hydrogen) atoms. The molecule has 2 heterocycles. The molecular weight excluding hydrogens is 286 g/mol. The summed E-state index contributed by atoms with van der Waals surface area (Å²) >= 11 is 9.34. The molecule has 1 aromatic rings. The van der Waals surface area contributed by atoms with Gasteiger partial charge < -0.3 is 4.72 Å². The first-order valence-electron chi connectivity index (χ1n) is 6.15. The van der Waals surface area contributed by atoms with Crippen LogP contribution in [0.25, 0.3) is 0 Å². The van der Waals surface area contributed by atoms with Crippen LogP contribution in [-0.2, 0) is 0 Å². The van der Waals surface area contributed by atoms with Gasteiger partial charge in [0.2, 0.25) is 0 Å².